The Labute approximate surface area is 227 Å². The molecule has 0 saturated heterocycles. The van der Waals surface area contributed by atoms with Crippen molar-refractivity contribution in [2.45, 2.75) is 49.8 Å². The van der Waals surface area contributed by atoms with E-state index in [1.807, 2.05) is 20.8 Å². The Balaban J connectivity index is 1.51. The van der Waals surface area contributed by atoms with E-state index in [4.69, 9.17) is 10.2 Å². The minimum atomic E-state index is -4.57. The number of aromatic nitrogens is 4. The highest BCUT2D eigenvalue weighted by atomic mass is 32.2. The maximum absolute atomic E-state index is 13.3. The van der Waals surface area contributed by atoms with Gasteiger partial charge in [-0.05, 0) is 35.9 Å². The first-order valence-corrected chi connectivity index (χ1v) is 13.8. The number of hydrogen-bond donors (Lipinski definition) is 1. The number of nitrogens with zero attached hydrogens (tertiary/aromatic N) is 5. The van der Waals surface area contributed by atoms with Crippen molar-refractivity contribution in [2.24, 2.45) is 5.73 Å². The Kier molecular flexibility index (Phi) is 6.57. The second kappa shape index (κ2) is 9.55. The number of anilines is 1. The fourth-order valence-corrected chi connectivity index (χ4v) is 5.77. The Morgan fingerprint density at radius 3 is 2.38 bits per heavy atom. The summed E-state index contributed by atoms with van der Waals surface area (Å²) in [7, 11) is -3.91. The van der Waals surface area contributed by atoms with Crippen LogP contribution in [0.15, 0.2) is 64.3 Å². The third-order valence-electron chi connectivity index (χ3n) is 6.33. The molecule has 14 heteroatoms. The number of amides is 1. The van der Waals surface area contributed by atoms with Gasteiger partial charge in [0, 0.05) is 22.9 Å². The van der Waals surface area contributed by atoms with E-state index in [0.29, 0.717) is 22.7 Å². The van der Waals surface area contributed by atoms with Gasteiger partial charge in [0.05, 0.1) is 35.2 Å². The topological polar surface area (TPSA) is 137 Å². The first-order chi connectivity index (χ1) is 18.6. The summed E-state index contributed by atoms with van der Waals surface area (Å²) < 4.78 is 72.0. The van der Waals surface area contributed by atoms with Crippen LogP contribution in [0.5, 0.6) is 0 Å². The van der Waals surface area contributed by atoms with Gasteiger partial charge in [0.25, 0.3) is 0 Å². The molecule has 0 saturated carbocycles. The molecule has 3 heterocycles. The average Bonchev–Trinajstić information content (AvgIpc) is 3.56. The average molecular weight is 575 g/mol. The van der Waals surface area contributed by atoms with Crippen LogP contribution in [0, 0.1) is 0 Å². The zero-order valence-electron chi connectivity index (χ0n) is 21.7. The van der Waals surface area contributed by atoms with Gasteiger partial charge in [-0.2, -0.15) is 13.2 Å². The van der Waals surface area contributed by atoms with Crippen LogP contribution in [0.3, 0.4) is 0 Å². The zero-order valence-corrected chi connectivity index (χ0v) is 22.5. The molecule has 40 heavy (non-hydrogen) atoms. The van der Waals surface area contributed by atoms with Gasteiger partial charge < -0.3 is 19.6 Å². The minimum Gasteiger partial charge on any atom is -0.420 e. The highest BCUT2D eigenvalue weighted by Crippen LogP contribution is 2.36. The summed E-state index contributed by atoms with van der Waals surface area (Å²) in [5, 5.41) is 8.17. The van der Waals surface area contributed by atoms with Gasteiger partial charge in [0.1, 0.15) is 0 Å². The Bertz CT molecular complexity index is 1690. The van der Waals surface area contributed by atoms with E-state index < -0.39 is 44.8 Å². The standard InChI is InChI=1S/C26H25F3N6O4S/c1-25(2,3)24-33-32-22(39-24)16-6-9-20-19(10-16)35(23(36)18(30)13-40(20,37)38)11-15-4-7-17(8-5-15)34-12-21(31-14-34)26(27,28)29/h4-10,12,14,18H,11,13,30H2,1-3H3/t18-/m0/s1. The highest BCUT2D eigenvalue weighted by Gasteiger charge is 2.37. The zero-order chi connectivity index (χ0) is 29.0. The van der Waals surface area contributed by atoms with E-state index in [1.54, 1.807) is 24.3 Å². The summed E-state index contributed by atoms with van der Waals surface area (Å²) in [4.78, 5) is 17.9. The molecule has 2 N–H and O–H groups in total. The Hall–Kier alpha value is -4.04. The van der Waals surface area contributed by atoms with Crippen LogP contribution < -0.4 is 10.6 Å². The van der Waals surface area contributed by atoms with E-state index in [2.05, 4.69) is 15.2 Å². The van der Waals surface area contributed by atoms with Gasteiger partial charge in [0.2, 0.25) is 17.7 Å². The smallest absolute Gasteiger partial charge is 0.420 e. The van der Waals surface area contributed by atoms with Gasteiger partial charge in [0.15, 0.2) is 15.5 Å². The number of sulfone groups is 1. The number of imidazole rings is 1. The number of carbonyl (C=O) groups is 1. The number of halogens is 3. The van der Waals surface area contributed by atoms with Crippen LogP contribution >= 0.6 is 0 Å². The molecule has 0 spiro atoms. The van der Waals surface area contributed by atoms with Gasteiger partial charge in [-0.3, -0.25) is 4.79 Å². The third-order valence-corrected chi connectivity index (χ3v) is 8.14. The van der Waals surface area contributed by atoms with Gasteiger partial charge in [-0.15, -0.1) is 10.2 Å². The van der Waals surface area contributed by atoms with Crippen molar-refractivity contribution in [1.29, 1.82) is 0 Å². The fourth-order valence-electron chi connectivity index (χ4n) is 4.21. The third kappa shape index (κ3) is 5.23. The monoisotopic (exact) mass is 574 g/mol. The lowest BCUT2D eigenvalue weighted by atomic mass is 9.97. The molecule has 5 rings (SSSR count). The van der Waals surface area contributed by atoms with E-state index in [9.17, 15) is 26.4 Å². The SMILES string of the molecule is CC(C)(C)c1nnc(-c2ccc3c(c2)N(Cc2ccc(-n4cnc(C(F)(F)F)c4)cc2)C(=O)[C@@H](N)CS3(=O)=O)o1. The van der Waals surface area contributed by atoms with Crippen molar-refractivity contribution in [1.82, 2.24) is 19.7 Å². The maximum atomic E-state index is 13.3. The predicted molar refractivity (Wildman–Crippen MR) is 138 cm³/mol. The molecule has 0 bridgehead atoms. The number of rotatable bonds is 4. The summed E-state index contributed by atoms with van der Waals surface area (Å²) in [5.41, 5.74) is 6.10. The van der Waals surface area contributed by atoms with Crippen LogP contribution in [-0.2, 0) is 32.8 Å². The molecule has 210 valence electrons. The first-order valence-electron chi connectivity index (χ1n) is 12.1. The lowest BCUT2D eigenvalue weighted by molar-refractivity contribution is -0.140. The molecule has 1 aliphatic rings. The molecule has 4 aromatic rings. The largest absolute Gasteiger partial charge is 0.434 e. The van der Waals surface area contributed by atoms with E-state index in [0.717, 1.165) is 12.5 Å². The minimum absolute atomic E-state index is 0.0480. The van der Waals surface area contributed by atoms with E-state index in [-0.39, 0.29) is 23.0 Å². The van der Waals surface area contributed by atoms with Crippen LogP contribution in [0.2, 0.25) is 0 Å². The van der Waals surface area contributed by atoms with Crippen LogP contribution in [0.4, 0.5) is 18.9 Å². The molecule has 0 aliphatic carbocycles. The summed E-state index contributed by atoms with van der Waals surface area (Å²) in [6, 6.07) is 9.50. The Morgan fingerprint density at radius 2 is 1.77 bits per heavy atom. The van der Waals surface area contributed by atoms with Crippen molar-refractivity contribution in [3.63, 3.8) is 0 Å². The maximum Gasteiger partial charge on any atom is 0.434 e. The summed E-state index contributed by atoms with van der Waals surface area (Å²) in [6.45, 7) is 5.67. The lowest BCUT2D eigenvalue weighted by Crippen LogP contribution is -2.45. The van der Waals surface area contributed by atoms with Gasteiger partial charge in [-0.1, -0.05) is 32.9 Å². The number of benzene rings is 2. The van der Waals surface area contributed by atoms with Crippen molar-refractivity contribution in [2.75, 3.05) is 10.7 Å². The summed E-state index contributed by atoms with van der Waals surface area (Å²) in [6.07, 6.45) is -2.64. The van der Waals surface area contributed by atoms with Crippen molar-refractivity contribution in [3.8, 4) is 17.1 Å². The number of carbonyl (C=O) groups excluding carboxylic acids is 1. The van der Waals surface area contributed by atoms with E-state index >= 15 is 0 Å². The first kappa shape index (κ1) is 27.5. The van der Waals surface area contributed by atoms with Crippen LogP contribution in [0.25, 0.3) is 17.1 Å². The van der Waals surface area contributed by atoms with Crippen LogP contribution in [0.1, 0.15) is 37.9 Å². The number of fused-ring (bicyclic) bond motifs is 1. The van der Waals surface area contributed by atoms with Gasteiger partial charge in [-0.25, -0.2) is 13.4 Å². The molecule has 1 aliphatic heterocycles. The molecule has 1 atom stereocenters. The molecule has 1 amide bonds. The summed E-state index contributed by atoms with van der Waals surface area (Å²) >= 11 is 0. The molecule has 0 radical (unpaired) electrons. The molecule has 10 nitrogen and oxygen atoms in total. The molecule has 0 fully saturated rings. The predicted octanol–water partition coefficient (Wildman–Crippen LogP) is 3.89. The van der Waals surface area contributed by atoms with Crippen molar-refractivity contribution < 1.29 is 30.8 Å². The number of nitrogens with two attached hydrogens (primary N) is 1. The van der Waals surface area contributed by atoms with Crippen LogP contribution in [-0.4, -0.2) is 45.9 Å². The second-order valence-corrected chi connectivity index (χ2v) is 12.5. The summed E-state index contributed by atoms with van der Waals surface area (Å²) in [5.74, 6) is -0.618. The molecule has 2 aromatic carbocycles. The molecular formula is C26H25F3N6O4S. The van der Waals surface area contributed by atoms with E-state index in [1.165, 1.54) is 27.7 Å². The molecule has 0 unspecified atom stereocenters. The van der Waals surface area contributed by atoms with Crippen molar-refractivity contribution >= 4 is 21.4 Å². The number of hydrogen-bond acceptors (Lipinski definition) is 8. The fraction of sp³-hybridized carbons (Fsp3) is 0.308. The molecular weight excluding hydrogens is 549 g/mol. The quantitative estimate of drug-likeness (QED) is 0.388. The van der Waals surface area contributed by atoms with Crippen molar-refractivity contribution in [3.05, 3.63) is 72.1 Å². The highest BCUT2D eigenvalue weighted by molar-refractivity contribution is 7.91. The van der Waals surface area contributed by atoms with Gasteiger partial charge >= 0.3 is 6.18 Å². The Morgan fingerprint density at radius 1 is 1.07 bits per heavy atom. The number of alkyl halides is 3. The normalized spacial score (nSPS) is 17.5. The second-order valence-electron chi connectivity index (χ2n) is 10.5. The molecule has 2 aromatic heterocycles. The lowest BCUT2D eigenvalue weighted by Gasteiger charge is -2.24.